The third-order valence-corrected chi connectivity index (χ3v) is 4.18. The minimum absolute atomic E-state index is 0.124. The first kappa shape index (κ1) is 21.8. The van der Waals surface area contributed by atoms with Crippen molar-refractivity contribution in [3.05, 3.63) is 35.6 Å². The summed E-state index contributed by atoms with van der Waals surface area (Å²) in [6.45, 7) is 5.44. The molecule has 26 heavy (non-hydrogen) atoms. The van der Waals surface area contributed by atoms with Gasteiger partial charge in [0.2, 0.25) is 6.41 Å². The SMILES string of the molecule is CCCC[C@H](CN(O)C=O)C(=O)[C@@H](NC(=O)c1cccc(F)c1)C(C)C. The van der Waals surface area contributed by atoms with Crippen molar-refractivity contribution < 1.29 is 24.0 Å². The summed E-state index contributed by atoms with van der Waals surface area (Å²) in [6.07, 6.45) is 2.37. The number of carbonyl (C=O) groups excluding carboxylic acids is 3. The summed E-state index contributed by atoms with van der Waals surface area (Å²) in [6, 6.07) is 4.43. The predicted octanol–water partition coefficient (Wildman–Crippen LogP) is 2.80. The van der Waals surface area contributed by atoms with E-state index in [9.17, 15) is 24.0 Å². The van der Waals surface area contributed by atoms with Crippen LogP contribution < -0.4 is 5.32 Å². The predicted molar refractivity (Wildman–Crippen MR) is 95.1 cm³/mol. The second kappa shape index (κ2) is 10.7. The van der Waals surface area contributed by atoms with Gasteiger partial charge in [0.25, 0.3) is 5.91 Å². The molecule has 0 aromatic heterocycles. The van der Waals surface area contributed by atoms with E-state index < -0.39 is 23.7 Å². The Hall–Kier alpha value is -2.28. The summed E-state index contributed by atoms with van der Waals surface area (Å²) in [5, 5.41) is 12.6. The van der Waals surface area contributed by atoms with Crippen molar-refractivity contribution in [2.75, 3.05) is 6.54 Å². The molecule has 0 fully saturated rings. The maximum atomic E-state index is 13.3. The van der Waals surface area contributed by atoms with Gasteiger partial charge < -0.3 is 5.32 Å². The number of ketones is 1. The van der Waals surface area contributed by atoms with E-state index >= 15 is 0 Å². The zero-order valence-corrected chi connectivity index (χ0v) is 15.4. The van der Waals surface area contributed by atoms with Gasteiger partial charge in [-0.15, -0.1) is 0 Å². The summed E-state index contributed by atoms with van der Waals surface area (Å²) >= 11 is 0. The molecule has 2 amide bonds. The van der Waals surface area contributed by atoms with E-state index in [1.807, 2.05) is 6.92 Å². The van der Waals surface area contributed by atoms with Gasteiger partial charge in [0, 0.05) is 11.5 Å². The summed E-state index contributed by atoms with van der Waals surface area (Å²) in [4.78, 5) is 36.0. The Morgan fingerprint density at radius 1 is 1.35 bits per heavy atom. The van der Waals surface area contributed by atoms with Crippen LogP contribution in [0.2, 0.25) is 0 Å². The lowest BCUT2D eigenvalue weighted by Crippen LogP contribution is -2.48. The maximum Gasteiger partial charge on any atom is 0.251 e. The average Bonchev–Trinajstić information content (AvgIpc) is 2.61. The van der Waals surface area contributed by atoms with Gasteiger partial charge >= 0.3 is 0 Å². The Morgan fingerprint density at radius 2 is 2.04 bits per heavy atom. The molecule has 0 saturated heterocycles. The second-order valence-electron chi connectivity index (χ2n) is 6.67. The van der Waals surface area contributed by atoms with E-state index in [-0.39, 0.29) is 30.2 Å². The summed E-state index contributed by atoms with van der Waals surface area (Å²) in [5.74, 6) is -2.12. The highest BCUT2D eigenvalue weighted by Gasteiger charge is 2.31. The zero-order valence-electron chi connectivity index (χ0n) is 15.4. The lowest BCUT2D eigenvalue weighted by molar-refractivity contribution is -0.154. The molecule has 144 valence electrons. The maximum absolute atomic E-state index is 13.3. The first-order valence-electron chi connectivity index (χ1n) is 8.81. The summed E-state index contributed by atoms with van der Waals surface area (Å²) < 4.78 is 13.3. The molecule has 0 saturated carbocycles. The number of carbonyl (C=O) groups is 3. The van der Waals surface area contributed by atoms with Crippen LogP contribution in [0, 0.1) is 17.7 Å². The van der Waals surface area contributed by atoms with Crippen LogP contribution in [0.1, 0.15) is 50.4 Å². The van der Waals surface area contributed by atoms with E-state index in [2.05, 4.69) is 5.32 Å². The number of hydroxylamine groups is 2. The van der Waals surface area contributed by atoms with Gasteiger partial charge in [0.05, 0.1) is 12.6 Å². The Labute approximate surface area is 153 Å². The minimum atomic E-state index is -0.798. The molecular formula is C19H27FN2O4. The molecule has 0 aliphatic carbocycles. The van der Waals surface area contributed by atoms with Gasteiger partial charge in [0.15, 0.2) is 5.78 Å². The van der Waals surface area contributed by atoms with Crippen molar-refractivity contribution >= 4 is 18.1 Å². The van der Waals surface area contributed by atoms with Crippen LogP contribution in [0.25, 0.3) is 0 Å². The van der Waals surface area contributed by atoms with Crippen LogP contribution >= 0.6 is 0 Å². The fraction of sp³-hybridized carbons (Fsp3) is 0.526. The molecule has 2 N–H and O–H groups in total. The molecular weight excluding hydrogens is 339 g/mol. The number of nitrogens with one attached hydrogen (secondary N) is 1. The number of hydrogen-bond acceptors (Lipinski definition) is 4. The molecule has 6 nitrogen and oxygen atoms in total. The smallest absolute Gasteiger partial charge is 0.251 e. The van der Waals surface area contributed by atoms with Crippen LogP contribution in [-0.4, -0.2) is 41.0 Å². The molecule has 0 aliphatic heterocycles. The Bertz CT molecular complexity index is 621. The third kappa shape index (κ3) is 6.55. The summed E-state index contributed by atoms with van der Waals surface area (Å²) in [7, 11) is 0. The minimum Gasteiger partial charge on any atom is -0.342 e. The largest absolute Gasteiger partial charge is 0.342 e. The van der Waals surface area contributed by atoms with Crippen LogP contribution in [0.5, 0.6) is 0 Å². The van der Waals surface area contributed by atoms with E-state index in [0.29, 0.717) is 11.5 Å². The van der Waals surface area contributed by atoms with Gasteiger partial charge in [-0.25, -0.2) is 9.45 Å². The standard InChI is InChI=1S/C19H27FN2O4/c1-4-5-7-15(11-22(26)12-23)18(24)17(13(2)3)21-19(25)14-8-6-9-16(20)10-14/h6,8-10,12-13,15,17,26H,4-5,7,11H2,1-3H3,(H,21,25)/t15-,17+/m1/s1. The molecule has 1 rings (SSSR count). The van der Waals surface area contributed by atoms with Gasteiger partial charge in [-0.1, -0.05) is 39.7 Å². The van der Waals surface area contributed by atoms with Crippen LogP contribution in [0.3, 0.4) is 0 Å². The zero-order chi connectivity index (χ0) is 19.7. The fourth-order valence-corrected chi connectivity index (χ4v) is 2.72. The molecule has 0 spiro atoms. The quantitative estimate of drug-likeness (QED) is 0.358. The number of amides is 2. The number of nitrogens with zero attached hydrogens (tertiary/aromatic N) is 1. The second-order valence-corrected chi connectivity index (χ2v) is 6.67. The normalized spacial score (nSPS) is 13.2. The van der Waals surface area contributed by atoms with Crippen molar-refractivity contribution in [3.63, 3.8) is 0 Å². The Kier molecular flexibility index (Phi) is 8.92. The lowest BCUT2D eigenvalue weighted by atomic mass is 9.87. The van der Waals surface area contributed by atoms with Crippen molar-refractivity contribution in [1.29, 1.82) is 0 Å². The van der Waals surface area contributed by atoms with E-state index in [0.717, 1.165) is 18.9 Å². The highest BCUT2D eigenvalue weighted by molar-refractivity contribution is 5.98. The van der Waals surface area contributed by atoms with Gasteiger partial charge in [-0.05, 0) is 30.5 Å². The molecule has 0 aliphatic rings. The van der Waals surface area contributed by atoms with Crippen molar-refractivity contribution in [2.45, 2.75) is 46.1 Å². The topological polar surface area (TPSA) is 86.7 Å². The van der Waals surface area contributed by atoms with Gasteiger partial charge in [-0.2, -0.15) is 0 Å². The highest BCUT2D eigenvalue weighted by atomic mass is 19.1. The first-order valence-corrected chi connectivity index (χ1v) is 8.81. The number of benzene rings is 1. The monoisotopic (exact) mass is 366 g/mol. The Balaban J connectivity index is 2.95. The number of rotatable bonds is 11. The van der Waals surface area contributed by atoms with E-state index in [1.54, 1.807) is 13.8 Å². The van der Waals surface area contributed by atoms with Crippen LogP contribution in [0.4, 0.5) is 4.39 Å². The number of halogens is 1. The fourth-order valence-electron chi connectivity index (χ4n) is 2.72. The summed E-state index contributed by atoms with van der Waals surface area (Å²) in [5.41, 5.74) is 0.130. The molecule has 2 atom stereocenters. The molecule has 1 aromatic carbocycles. The highest BCUT2D eigenvalue weighted by Crippen LogP contribution is 2.17. The first-order chi connectivity index (χ1) is 12.3. The average molecular weight is 366 g/mol. The van der Waals surface area contributed by atoms with Crippen molar-refractivity contribution in [1.82, 2.24) is 10.4 Å². The third-order valence-electron chi connectivity index (χ3n) is 4.18. The van der Waals surface area contributed by atoms with Crippen molar-refractivity contribution in [3.8, 4) is 0 Å². The number of hydrogen-bond donors (Lipinski definition) is 2. The lowest BCUT2D eigenvalue weighted by Gasteiger charge is -2.27. The van der Waals surface area contributed by atoms with Crippen LogP contribution in [0.15, 0.2) is 24.3 Å². The molecule has 0 bridgehead atoms. The number of Topliss-reactive ketones (excluding diaryl/α,β-unsaturated/α-hetero) is 1. The molecule has 1 aromatic rings. The van der Waals surface area contributed by atoms with E-state index in [1.165, 1.54) is 18.2 Å². The van der Waals surface area contributed by atoms with E-state index in [4.69, 9.17) is 0 Å². The van der Waals surface area contributed by atoms with Gasteiger partial charge in [0.1, 0.15) is 5.82 Å². The van der Waals surface area contributed by atoms with Crippen molar-refractivity contribution in [2.24, 2.45) is 11.8 Å². The molecule has 0 radical (unpaired) electrons. The molecule has 0 unspecified atom stereocenters. The molecule has 7 heteroatoms. The molecule has 0 heterocycles. The number of unbranched alkanes of at least 4 members (excludes halogenated alkanes) is 1. The Morgan fingerprint density at radius 3 is 2.58 bits per heavy atom. The van der Waals surface area contributed by atoms with Crippen LogP contribution in [-0.2, 0) is 9.59 Å². The van der Waals surface area contributed by atoms with Gasteiger partial charge in [-0.3, -0.25) is 19.6 Å².